The highest BCUT2D eigenvalue weighted by Crippen LogP contribution is 2.15. The van der Waals surface area contributed by atoms with Gasteiger partial charge in [0.05, 0.1) is 18.6 Å². The Morgan fingerprint density at radius 1 is 1.10 bits per heavy atom. The summed E-state index contributed by atoms with van der Waals surface area (Å²) in [4.78, 5) is 50.0. The zero-order valence-corrected chi connectivity index (χ0v) is 18.4. The number of Topliss-reactive ketones (excluding diaryl/α,β-unsaturated/α-hetero) is 1. The predicted octanol–water partition coefficient (Wildman–Crippen LogP) is 2.67. The Balaban J connectivity index is 1.49. The summed E-state index contributed by atoms with van der Waals surface area (Å²) in [5.74, 6) is -1.55. The van der Waals surface area contributed by atoms with Gasteiger partial charge in [-0.1, -0.05) is 28.1 Å². The molecule has 162 valence electrons. The summed E-state index contributed by atoms with van der Waals surface area (Å²) in [5.41, 5.74) is 1.15. The molecule has 2 aromatic rings. The summed E-state index contributed by atoms with van der Waals surface area (Å²) in [5, 5.41) is 2.67. The van der Waals surface area contributed by atoms with Crippen LogP contribution in [0.5, 0.6) is 0 Å². The third kappa shape index (κ3) is 6.22. The van der Waals surface area contributed by atoms with Crippen molar-refractivity contribution in [1.82, 2.24) is 4.90 Å². The van der Waals surface area contributed by atoms with Gasteiger partial charge in [0, 0.05) is 29.3 Å². The number of rotatable bonds is 7. The number of carbonyl (C=O) groups excluding carboxylic acids is 4. The van der Waals surface area contributed by atoms with E-state index in [2.05, 4.69) is 21.2 Å². The van der Waals surface area contributed by atoms with Gasteiger partial charge in [-0.25, -0.2) is 4.79 Å². The maximum atomic E-state index is 12.2. The van der Waals surface area contributed by atoms with Gasteiger partial charge in [-0.3, -0.25) is 14.4 Å². The van der Waals surface area contributed by atoms with Crippen LogP contribution in [0.25, 0.3) is 0 Å². The Morgan fingerprint density at radius 2 is 1.74 bits per heavy atom. The standard InChI is InChI=1S/C22H21BrN2O6/c1-25-10-11-30-19(21(25)28)12-20(27)24-17-8-4-15(5-9-17)22(29)31-13-18(26)14-2-6-16(23)7-3-14/h2-9,19H,10-13H2,1H3,(H,24,27). The molecule has 0 aromatic heterocycles. The second-order valence-corrected chi connectivity index (χ2v) is 7.87. The number of carbonyl (C=O) groups is 4. The fourth-order valence-electron chi connectivity index (χ4n) is 2.91. The highest BCUT2D eigenvalue weighted by molar-refractivity contribution is 9.10. The number of esters is 1. The number of nitrogens with one attached hydrogen (secondary N) is 1. The van der Waals surface area contributed by atoms with Crippen LogP contribution in [0, 0.1) is 0 Å². The van der Waals surface area contributed by atoms with Crippen LogP contribution in [0.2, 0.25) is 0 Å². The minimum Gasteiger partial charge on any atom is -0.454 e. The second kappa shape index (κ2) is 10.3. The first-order chi connectivity index (χ1) is 14.8. The van der Waals surface area contributed by atoms with E-state index >= 15 is 0 Å². The zero-order chi connectivity index (χ0) is 22.4. The van der Waals surface area contributed by atoms with Crippen LogP contribution >= 0.6 is 15.9 Å². The van der Waals surface area contributed by atoms with Gasteiger partial charge in [0.1, 0.15) is 6.10 Å². The van der Waals surface area contributed by atoms with Gasteiger partial charge in [0.15, 0.2) is 12.4 Å². The van der Waals surface area contributed by atoms with Crippen LogP contribution in [0.3, 0.4) is 0 Å². The molecule has 8 nitrogen and oxygen atoms in total. The smallest absolute Gasteiger partial charge is 0.338 e. The molecule has 1 saturated heterocycles. The molecule has 1 unspecified atom stereocenters. The lowest BCUT2D eigenvalue weighted by Gasteiger charge is -2.29. The number of anilines is 1. The lowest BCUT2D eigenvalue weighted by atomic mass is 10.1. The second-order valence-electron chi connectivity index (χ2n) is 6.96. The average Bonchev–Trinajstić information content (AvgIpc) is 2.76. The van der Waals surface area contributed by atoms with Gasteiger partial charge >= 0.3 is 5.97 Å². The first-order valence-electron chi connectivity index (χ1n) is 9.56. The lowest BCUT2D eigenvalue weighted by Crippen LogP contribution is -2.46. The Bertz CT molecular complexity index is 975. The van der Waals surface area contributed by atoms with E-state index < -0.39 is 12.1 Å². The molecule has 3 rings (SSSR count). The number of ketones is 1. The van der Waals surface area contributed by atoms with E-state index in [1.165, 1.54) is 17.0 Å². The van der Waals surface area contributed by atoms with Gasteiger partial charge in [-0.2, -0.15) is 0 Å². The van der Waals surface area contributed by atoms with Gasteiger partial charge in [0.2, 0.25) is 5.91 Å². The number of hydrogen-bond donors (Lipinski definition) is 1. The van der Waals surface area contributed by atoms with Crippen molar-refractivity contribution in [2.75, 3.05) is 32.1 Å². The van der Waals surface area contributed by atoms with Crippen molar-refractivity contribution in [3.05, 3.63) is 64.1 Å². The molecule has 0 saturated carbocycles. The first kappa shape index (κ1) is 22.6. The number of likely N-dealkylation sites (N-methyl/N-ethyl adjacent to an activating group) is 1. The highest BCUT2D eigenvalue weighted by atomic mass is 79.9. The molecule has 0 bridgehead atoms. The van der Waals surface area contributed by atoms with E-state index in [0.717, 1.165) is 4.47 Å². The SMILES string of the molecule is CN1CCOC(CC(=O)Nc2ccc(C(=O)OCC(=O)c3ccc(Br)cc3)cc2)C1=O. The number of hydrogen-bond acceptors (Lipinski definition) is 6. The van der Waals surface area contributed by atoms with Crippen LogP contribution < -0.4 is 5.32 Å². The normalized spacial score (nSPS) is 16.0. The first-order valence-corrected chi connectivity index (χ1v) is 10.3. The molecular weight excluding hydrogens is 468 g/mol. The molecule has 1 N–H and O–H groups in total. The van der Waals surface area contributed by atoms with Crippen molar-refractivity contribution in [3.63, 3.8) is 0 Å². The minimum absolute atomic E-state index is 0.0921. The maximum absolute atomic E-state index is 12.2. The summed E-state index contributed by atoms with van der Waals surface area (Å²) in [6.07, 6.45) is -0.887. The number of morpholine rings is 1. The van der Waals surface area contributed by atoms with Gasteiger partial charge in [0.25, 0.3) is 5.91 Å². The van der Waals surface area contributed by atoms with E-state index in [1.54, 1.807) is 43.4 Å². The summed E-state index contributed by atoms with van der Waals surface area (Å²) >= 11 is 3.29. The van der Waals surface area contributed by atoms with Crippen molar-refractivity contribution in [2.45, 2.75) is 12.5 Å². The van der Waals surface area contributed by atoms with Crippen LogP contribution in [0.15, 0.2) is 53.0 Å². The van der Waals surface area contributed by atoms with Crippen LogP contribution in [-0.4, -0.2) is 61.4 Å². The van der Waals surface area contributed by atoms with E-state index in [1.807, 2.05) is 0 Å². The minimum atomic E-state index is -0.795. The van der Waals surface area contributed by atoms with E-state index in [-0.39, 0.29) is 36.2 Å². The molecule has 1 fully saturated rings. The Labute approximate surface area is 187 Å². The summed E-state index contributed by atoms with van der Waals surface area (Å²) in [7, 11) is 1.67. The predicted molar refractivity (Wildman–Crippen MR) is 116 cm³/mol. The molecule has 1 aliphatic rings. The van der Waals surface area contributed by atoms with E-state index in [0.29, 0.717) is 24.4 Å². The van der Waals surface area contributed by atoms with Crippen molar-refractivity contribution in [1.29, 1.82) is 0 Å². The molecule has 0 radical (unpaired) electrons. The molecule has 1 aliphatic heterocycles. The summed E-state index contributed by atoms with van der Waals surface area (Å²) in [6, 6.07) is 12.8. The molecule has 2 aromatic carbocycles. The average molecular weight is 489 g/mol. The molecule has 0 aliphatic carbocycles. The molecule has 9 heteroatoms. The maximum Gasteiger partial charge on any atom is 0.338 e. The number of halogens is 1. The lowest BCUT2D eigenvalue weighted by molar-refractivity contribution is -0.153. The quantitative estimate of drug-likeness (QED) is 0.474. The molecule has 1 atom stereocenters. The van der Waals surface area contributed by atoms with Crippen molar-refractivity contribution in [2.24, 2.45) is 0 Å². The van der Waals surface area contributed by atoms with Crippen LogP contribution in [0.4, 0.5) is 5.69 Å². The van der Waals surface area contributed by atoms with Crippen LogP contribution in [-0.2, 0) is 19.1 Å². The monoisotopic (exact) mass is 488 g/mol. The topological polar surface area (TPSA) is 102 Å². The number of amides is 2. The Morgan fingerprint density at radius 3 is 2.42 bits per heavy atom. The summed E-state index contributed by atoms with van der Waals surface area (Å²) < 4.78 is 11.3. The fraction of sp³-hybridized carbons (Fsp3) is 0.273. The molecule has 2 amide bonds. The molecule has 31 heavy (non-hydrogen) atoms. The van der Waals surface area contributed by atoms with Gasteiger partial charge in [-0.05, 0) is 36.4 Å². The molecular formula is C22H21BrN2O6. The van der Waals surface area contributed by atoms with E-state index in [4.69, 9.17) is 9.47 Å². The third-order valence-corrected chi connectivity index (χ3v) is 5.20. The number of ether oxygens (including phenoxy) is 2. The van der Waals surface area contributed by atoms with Crippen LogP contribution in [0.1, 0.15) is 27.1 Å². The summed E-state index contributed by atoms with van der Waals surface area (Å²) in [6.45, 7) is 0.521. The fourth-order valence-corrected chi connectivity index (χ4v) is 3.17. The molecule has 1 heterocycles. The highest BCUT2D eigenvalue weighted by Gasteiger charge is 2.29. The zero-order valence-electron chi connectivity index (χ0n) is 16.8. The number of nitrogens with zero attached hydrogens (tertiary/aromatic N) is 1. The Hall–Kier alpha value is -3.04. The molecule has 0 spiro atoms. The van der Waals surface area contributed by atoms with Crippen molar-refractivity contribution < 1.29 is 28.7 Å². The largest absolute Gasteiger partial charge is 0.454 e. The van der Waals surface area contributed by atoms with Crippen molar-refractivity contribution >= 4 is 45.2 Å². The number of benzene rings is 2. The van der Waals surface area contributed by atoms with Gasteiger partial charge < -0.3 is 19.7 Å². The third-order valence-electron chi connectivity index (χ3n) is 4.67. The van der Waals surface area contributed by atoms with E-state index in [9.17, 15) is 19.2 Å². The van der Waals surface area contributed by atoms with Gasteiger partial charge in [-0.15, -0.1) is 0 Å². The Kier molecular flexibility index (Phi) is 7.54. The van der Waals surface area contributed by atoms with Crippen molar-refractivity contribution in [3.8, 4) is 0 Å².